The minimum atomic E-state index is -4.28. The molecule has 0 fully saturated rings. The van der Waals surface area contributed by atoms with Crippen molar-refractivity contribution < 1.29 is 27.1 Å². The summed E-state index contributed by atoms with van der Waals surface area (Å²) in [7, 11) is -2.85. The minimum absolute atomic E-state index is 0.00501. The Hall–Kier alpha value is -4.70. The number of sulfonamides is 1. The predicted molar refractivity (Wildman–Crippen MR) is 178 cm³/mol. The monoisotopic (exact) mass is 645 g/mol. The van der Waals surface area contributed by atoms with Crippen LogP contribution in [0.1, 0.15) is 36.5 Å². The van der Waals surface area contributed by atoms with E-state index in [0.29, 0.717) is 12.1 Å². The highest BCUT2D eigenvalue weighted by Crippen LogP contribution is 2.34. The molecule has 0 spiro atoms. The number of nitrogens with one attached hydrogen (secondary N) is 1. The van der Waals surface area contributed by atoms with Crippen molar-refractivity contribution in [2.45, 2.75) is 50.6 Å². The lowest BCUT2D eigenvalue weighted by atomic mass is 10.0. The summed E-state index contributed by atoms with van der Waals surface area (Å²) < 4.78 is 48.9. The normalized spacial score (nSPS) is 11.8. The quantitative estimate of drug-likeness (QED) is 0.163. The van der Waals surface area contributed by atoms with E-state index in [0.717, 1.165) is 28.3 Å². The second kappa shape index (κ2) is 16.0. The van der Waals surface area contributed by atoms with Gasteiger partial charge in [0.15, 0.2) is 0 Å². The summed E-state index contributed by atoms with van der Waals surface area (Å²) in [6.45, 7) is 3.58. The highest BCUT2D eigenvalue weighted by Gasteiger charge is 2.35. The molecule has 10 heteroatoms. The number of halogens is 1. The van der Waals surface area contributed by atoms with Gasteiger partial charge in [0.2, 0.25) is 11.8 Å². The number of hydrogen-bond acceptors (Lipinski definition) is 5. The Morgan fingerprint density at radius 2 is 1.54 bits per heavy atom. The van der Waals surface area contributed by atoms with E-state index in [2.05, 4.69) is 5.32 Å². The van der Waals surface area contributed by atoms with Crippen LogP contribution in [0.25, 0.3) is 0 Å². The molecule has 46 heavy (non-hydrogen) atoms. The molecule has 4 aromatic rings. The van der Waals surface area contributed by atoms with E-state index in [1.54, 1.807) is 48.5 Å². The molecule has 1 N–H and O–H groups in total. The van der Waals surface area contributed by atoms with Crippen LogP contribution in [0.2, 0.25) is 0 Å². The van der Waals surface area contributed by atoms with Crippen LogP contribution in [0, 0.1) is 12.7 Å². The van der Waals surface area contributed by atoms with Crippen LogP contribution in [-0.2, 0) is 32.6 Å². The average molecular weight is 646 g/mol. The van der Waals surface area contributed by atoms with Crippen molar-refractivity contribution in [1.29, 1.82) is 0 Å². The summed E-state index contributed by atoms with van der Waals surface area (Å²) in [5, 5.41) is 2.96. The molecule has 0 heterocycles. The maximum absolute atomic E-state index is 14.6. The van der Waals surface area contributed by atoms with Gasteiger partial charge in [-0.25, -0.2) is 12.8 Å². The molecular weight excluding hydrogens is 605 g/mol. The number of ether oxygens (including phenoxy) is 1. The molecule has 0 aliphatic rings. The van der Waals surface area contributed by atoms with Crippen molar-refractivity contribution in [3.05, 3.63) is 126 Å². The van der Waals surface area contributed by atoms with E-state index >= 15 is 0 Å². The number of anilines is 1. The van der Waals surface area contributed by atoms with Crippen LogP contribution in [0.3, 0.4) is 0 Å². The maximum atomic E-state index is 14.6. The molecule has 0 bridgehead atoms. The van der Waals surface area contributed by atoms with E-state index in [4.69, 9.17) is 4.74 Å². The number of rotatable bonds is 15. The Kier molecular flexibility index (Phi) is 11.9. The topological polar surface area (TPSA) is 96.0 Å². The van der Waals surface area contributed by atoms with Crippen LogP contribution < -0.4 is 14.4 Å². The molecule has 2 amide bonds. The van der Waals surface area contributed by atoms with Crippen molar-refractivity contribution in [2.24, 2.45) is 0 Å². The largest absolute Gasteiger partial charge is 0.495 e. The number of nitrogens with zero attached hydrogens (tertiary/aromatic N) is 2. The van der Waals surface area contributed by atoms with Gasteiger partial charge in [-0.1, -0.05) is 80.1 Å². The lowest BCUT2D eigenvalue weighted by Gasteiger charge is -2.34. The Balaban J connectivity index is 1.82. The molecule has 1 atom stereocenters. The number of amides is 2. The van der Waals surface area contributed by atoms with Crippen molar-refractivity contribution in [3.63, 3.8) is 0 Å². The molecule has 4 rings (SSSR count). The van der Waals surface area contributed by atoms with Crippen LogP contribution >= 0.6 is 0 Å². The van der Waals surface area contributed by atoms with E-state index in [-0.39, 0.29) is 35.2 Å². The SMILES string of the molecule is CCCCNC(=O)[C@H](Cc1ccccc1)N(Cc1ccc(F)cc1)C(=O)CN(c1cc(C)ccc1OC)S(=O)(=O)c1ccccc1. The second-order valence-corrected chi connectivity index (χ2v) is 12.9. The third kappa shape index (κ3) is 8.72. The Morgan fingerprint density at radius 3 is 2.17 bits per heavy atom. The van der Waals surface area contributed by atoms with Gasteiger partial charge in [0.1, 0.15) is 24.2 Å². The first-order valence-electron chi connectivity index (χ1n) is 15.2. The molecule has 8 nitrogen and oxygen atoms in total. The van der Waals surface area contributed by atoms with E-state index < -0.39 is 34.3 Å². The Bertz CT molecular complexity index is 1700. The number of methoxy groups -OCH3 is 1. The van der Waals surface area contributed by atoms with Gasteiger partial charge in [0, 0.05) is 19.5 Å². The van der Waals surface area contributed by atoms with Gasteiger partial charge in [0.05, 0.1) is 17.7 Å². The molecule has 0 unspecified atom stereocenters. The van der Waals surface area contributed by atoms with E-state index in [1.807, 2.05) is 44.2 Å². The zero-order chi connectivity index (χ0) is 33.1. The van der Waals surface area contributed by atoms with Crippen LogP contribution in [0.4, 0.5) is 10.1 Å². The minimum Gasteiger partial charge on any atom is -0.495 e. The maximum Gasteiger partial charge on any atom is 0.264 e. The lowest BCUT2D eigenvalue weighted by Crippen LogP contribution is -2.53. The molecule has 0 aliphatic heterocycles. The first kappa shape index (κ1) is 34.2. The number of carbonyl (C=O) groups is 2. The summed E-state index contributed by atoms with van der Waals surface area (Å²) in [5.74, 6) is -1.15. The first-order valence-corrected chi connectivity index (χ1v) is 16.7. The van der Waals surface area contributed by atoms with Gasteiger partial charge in [-0.2, -0.15) is 0 Å². The van der Waals surface area contributed by atoms with Gasteiger partial charge in [-0.05, 0) is 66.4 Å². The van der Waals surface area contributed by atoms with Crippen molar-refractivity contribution >= 4 is 27.5 Å². The number of benzene rings is 4. The van der Waals surface area contributed by atoms with Gasteiger partial charge < -0.3 is 15.0 Å². The van der Waals surface area contributed by atoms with Crippen LogP contribution in [0.15, 0.2) is 108 Å². The van der Waals surface area contributed by atoms with Crippen molar-refractivity contribution in [3.8, 4) is 5.75 Å². The molecule has 4 aromatic carbocycles. The standard InChI is InChI=1S/C36H40FN3O5S/c1-4-5-22-38-36(42)33(24-28-12-8-6-9-13-28)39(25-29-17-19-30(37)20-18-29)35(41)26-40(32-23-27(2)16-21-34(32)45-3)46(43,44)31-14-10-7-11-15-31/h6-21,23,33H,4-5,22,24-26H2,1-3H3,(H,38,42)/t33-/m0/s1. The number of aryl methyl sites for hydroxylation is 1. The fourth-order valence-electron chi connectivity index (χ4n) is 5.07. The smallest absolute Gasteiger partial charge is 0.264 e. The molecule has 0 radical (unpaired) electrons. The number of unbranched alkanes of at least 4 members (excludes halogenated alkanes) is 1. The van der Waals surface area contributed by atoms with E-state index in [9.17, 15) is 22.4 Å². The zero-order valence-electron chi connectivity index (χ0n) is 26.4. The van der Waals surface area contributed by atoms with Crippen molar-refractivity contribution in [2.75, 3.05) is 24.5 Å². The van der Waals surface area contributed by atoms with E-state index in [1.165, 1.54) is 36.3 Å². The molecular formula is C36H40FN3O5S. The third-order valence-corrected chi connectivity index (χ3v) is 9.35. The van der Waals surface area contributed by atoms with Gasteiger partial charge in [-0.15, -0.1) is 0 Å². The molecule has 0 aliphatic carbocycles. The molecule has 0 saturated heterocycles. The van der Waals surface area contributed by atoms with Gasteiger partial charge in [0.25, 0.3) is 10.0 Å². The second-order valence-electron chi connectivity index (χ2n) is 11.0. The molecule has 0 saturated carbocycles. The zero-order valence-corrected chi connectivity index (χ0v) is 27.2. The molecule has 0 aromatic heterocycles. The Labute approximate surface area is 270 Å². The lowest BCUT2D eigenvalue weighted by molar-refractivity contribution is -0.140. The number of hydrogen-bond donors (Lipinski definition) is 1. The van der Waals surface area contributed by atoms with Gasteiger partial charge >= 0.3 is 0 Å². The summed E-state index contributed by atoms with van der Waals surface area (Å²) >= 11 is 0. The van der Waals surface area contributed by atoms with Crippen LogP contribution in [0.5, 0.6) is 5.75 Å². The summed E-state index contributed by atoms with van der Waals surface area (Å²) in [6.07, 6.45) is 1.81. The number of carbonyl (C=O) groups excluding carboxylic acids is 2. The fraction of sp³-hybridized carbons (Fsp3) is 0.278. The summed E-state index contributed by atoms with van der Waals surface area (Å²) in [4.78, 5) is 29.7. The van der Waals surface area contributed by atoms with Crippen LogP contribution in [-0.4, -0.2) is 51.4 Å². The average Bonchev–Trinajstić information content (AvgIpc) is 3.06. The highest BCUT2D eigenvalue weighted by molar-refractivity contribution is 7.92. The predicted octanol–water partition coefficient (Wildman–Crippen LogP) is 5.89. The van der Waals surface area contributed by atoms with Gasteiger partial charge in [-0.3, -0.25) is 13.9 Å². The highest BCUT2D eigenvalue weighted by atomic mass is 32.2. The summed E-state index contributed by atoms with van der Waals surface area (Å²) in [6, 6.07) is 26.9. The Morgan fingerprint density at radius 1 is 0.891 bits per heavy atom. The first-order chi connectivity index (χ1) is 22.1. The fourth-order valence-corrected chi connectivity index (χ4v) is 6.51. The third-order valence-electron chi connectivity index (χ3n) is 7.58. The summed E-state index contributed by atoms with van der Waals surface area (Å²) in [5.41, 5.74) is 2.36. The van der Waals surface area contributed by atoms with Crippen molar-refractivity contribution in [1.82, 2.24) is 10.2 Å². The molecule has 242 valence electrons.